The number of aromatic nitrogens is 2. The predicted molar refractivity (Wildman–Crippen MR) is 138 cm³/mol. The van der Waals surface area contributed by atoms with Crippen LogP contribution in [-0.4, -0.2) is 28.0 Å². The van der Waals surface area contributed by atoms with Crippen LogP contribution in [0, 0.1) is 13.8 Å². The highest BCUT2D eigenvalue weighted by Crippen LogP contribution is 2.23. The smallest absolute Gasteiger partial charge is 0.343 e. The molecule has 0 aliphatic heterocycles. The van der Waals surface area contributed by atoms with E-state index in [9.17, 15) is 14.4 Å². The molecule has 180 valence electrons. The molecule has 8 heteroatoms. The first-order chi connectivity index (χ1) is 17.4. The zero-order valence-electron chi connectivity index (χ0n) is 19.7. The van der Waals surface area contributed by atoms with Gasteiger partial charge in [0.05, 0.1) is 33.9 Å². The first-order valence-corrected chi connectivity index (χ1v) is 11.2. The molecule has 0 unspecified atom stereocenters. The van der Waals surface area contributed by atoms with Crippen molar-refractivity contribution >= 4 is 35.2 Å². The largest absolute Gasteiger partial charge is 0.422 e. The maximum atomic E-state index is 12.9. The van der Waals surface area contributed by atoms with E-state index < -0.39 is 11.9 Å². The summed E-state index contributed by atoms with van der Waals surface area (Å²) in [6.45, 7) is 3.59. The minimum absolute atomic E-state index is 0.302. The Hall–Kier alpha value is -4.98. The number of aromatic amines is 1. The minimum atomic E-state index is -0.496. The van der Waals surface area contributed by atoms with Gasteiger partial charge in [-0.25, -0.2) is 4.79 Å². The van der Waals surface area contributed by atoms with Gasteiger partial charge >= 0.3 is 5.97 Å². The molecule has 8 nitrogen and oxygen atoms in total. The van der Waals surface area contributed by atoms with Gasteiger partial charge in [0.15, 0.2) is 0 Å². The SMILES string of the molecule is Cc1n[nH]c(C)c1NC(=O)c1ccccc1NC(=O)/C=C/c1ccccc1OC(=O)c1ccccc1. The predicted octanol–water partition coefficient (Wildman–Crippen LogP) is 5.15. The molecule has 0 atom stereocenters. The molecule has 0 spiro atoms. The van der Waals surface area contributed by atoms with E-state index in [0.29, 0.717) is 39.5 Å². The molecule has 0 saturated heterocycles. The van der Waals surface area contributed by atoms with Gasteiger partial charge in [0, 0.05) is 11.6 Å². The first kappa shape index (κ1) is 24.2. The summed E-state index contributed by atoms with van der Waals surface area (Å²) in [6, 6.07) is 22.2. The molecule has 4 rings (SSSR count). The molecule has 3 aromatic carbocycles. The quantitative estimate of drug-likeness (QED) is 0.192. The minimum Gasteiger partial charge on any atom is -0.422 e. The lowest BCUT2D eigenvalue weighted by atomic mass is 10.1. The summed E-state index contributed by atoms with van der Waals surface area (Å²) in [7, 11) is 0. The van der Waals surface area contributed by atoms with Crippen LogP contribution < -0.4 is 15.4 Å². The number of H-pyrrole nitrogens is 1. The monoisotopic (exact) mass is 480 g/mol. The van der Waals surface area contributed by atoms with Crippen LogP contribution in [-0.2, 0) is 4.79 Å². The molecule has 4 aromatic rings. The average molecular weight is 481 g/mol. The summed E-state index contributed by atoms with van der Waals surface area (Å²) in [6.07, 6.45) is 2.86. The number of hydrogen-bond acceptors (Lipinski definition) is 5. The van der Waals surface area contributed by atoms with Crippen molar-refractivity contribution in [3.05, 3.63) is 113 Å². The lowest BCUT2D eigenvalue weighted by Gasteiger charge is -2.11. The van der Waals surface area contributed by atoms with E-state index in [0.717, 1.165) is 5.69 Å². The summed E-state index contributed by atoms with van der Waals surface area (Å²) < 4.78 is 5.52. The van der Waals surface area contributed by atoms with Crippen molar-refractivity contribution in [2.24, 2.45) is 0 Å². The molecule has 0 aliphatic carbocycles. The van der Waals surface area contributed by atoms with Crippen LogP contribution in [0.4, 0.5) is 11.4 Å². The number of carbonyl (C=O) groups is 3. The van der Waals surface area contributed by atoms with E-state index in [1.54, 1.807) is 85.8 Å². The fraction of sp³-hybridized carbons (Fsp3) is 0.0714. The number of benzene rings is 3. The van der Waals surface area contributed by atoms with Crippen LogP contribution in [0.3, 0.4) is 0 Å². The average Bonchev–Trinajstić information content (AvgIpc) is 3.21. The second-order valence-electron chi connectivity index (χ2n) is 7.92. The van der Waals surface area contributed by atoms with E-state index in [1.807, 2.05) is 13.0 Å². The van der Waals surface area contributed by atoms with Crippen molar-refractivity contribution in [2.45, 2.75) is 13.8 Å². The van der Waals surface area contributed by atoms with Gasteiger partial charge in [-0.3, -0.25) is 14.7 Å². The Labute approximate surface area is 208 Å². The summed E-state index contributed by atoms with van der Waals surface area (Å²) in [5, 5.41) is 12.5. The normalized spacial score (nSPS) is 10.7. The van der Waals surface area contributed by atoms with Gasteiger partial charge in [0.1, 0.15) is 5.75 Å². The van der Waals surface area contributed by atoms with Crippen molar-refractivity contribution in [3.8, 4) is 5.75 Å². The van der Waals surface area contributed by atoms with Gasteiger partial charge in [-0.2, -0.15) is 5.10 Å². The van der Waals surface area contributed by atoms with E-state index in [4.69, 9.17) is 4.74 Å². The summed E-state index contributed by atoms with van der Waals surface area (Å²) in [4.78, 5) is 38.0. The first-order valence-electron chi connectivity index (χ1n) is 11.2. The Morgan fingerprint density at radius 3 is 2.31 bits per heavy atom. The van der Waals surface area contributed by atoms with Gasteiger partial charge in [0.2, 0.25) is 5.91 Å². The standard InChI is InChI=1S/C28H24N4O4/c1-18-26(19(2)32-31-18)30-27(34)22-13-7-8-14-23(22)29-25(33)17-16-20-10-6-9-15-24(20)36-28(35)21-11-4-3-5-12-21/h3-17H,1-2H3,(H,29,33)(H,30,34)(H,31,32)/b17-16+. The molecule has 1 aromatic heterocycles. The number of rotatable bonds is 7. The highest BCUT2D eigenvalue weighted by Gasteiger charge is 2.16. The number of para-hydroxylation sites is 2. The van der Waals surface area contributed by atoms with Gasteiger partial charge in [-0.1, -0.05) is 48.5 Å². The van der Waals surface area contributed by atoms with Crippen molar-refractivity contribution in [1.29, 1.82) is 0 Å². The van der Waals surface area contributed by atoms with E-state index in [-0.39, 0.29) is 5.91 Å². The third kappa shape index (κ3) is 5.74. The summed E-state index contributed by atoms with van der Waals surface area (Å²) >= 11 is 0. The van der Waals surface area contributed by atoms with E-state index >= 15 is 0 Å². The van der Waals surface area contributed by atoms with Gasteiger partial charge in [0.25, 0.3) is 5.91 Å². The fourth-order valence-electron chi connectivity index (χ4n) is 3.49. The van der Waals surface area contributed by atoms with Crippen LogP contribution in [0.25, 0.3) is 6.08 Å². The molecule has 0 radical (unpaired) electrons. The second-order valence-corrected chi connectivity index (χ2v) is 7.92. The lowest BCUT2D eigenvalue weighted by Crippen LogP contribution is -2.17. The lowest BCUT2D eigenvalue weighted by molar-refractivity contribution is -0.111. The Balaban J connectivity index is 1.47. The number of nitrogens with one attached hydrogen (secondary N) is 3. The maximum Gasteiger partial charge on any atom is 0.343 e. The second kappa shape index (κ2) is 11.0. The van der Waals surface area contributed by atoms with Crippen LogP contribution in [0.1, 0.15) is 37.7 Å². The number of aryl methyl sites for hydroxylation is 2. The highest BCUT2D eigenvalue weighted by molar-refractivity contribution is 6.12. The molecule has 36 heavy (non-hydrogen) atoms. The van der Waals surface area contributed by atoms with Crippen molar-refractivity contribution in [3.63, 3.8) is 0 Å². The fourth-order valence-corrected chi connectivity index (χ4v) is 3.49. The van der Waals surface area contributed by atoms with Crippen LogP contribution in [0.15, 0.2) is 84.9 Å². The van der Waals surface area contributed by atoms with Crippen molar-refractivity contribution < 1.29 is 19.1 Å². The summed E-state index contributed by atoms with van der Waals surface area (Å²) in [5.74, 6) is -0.999. The van der Waals surface area contributed by atoms with Gasteiger partial charge < -0.3 is 15.4 Å². The molecule has 1 heterocycles. The van der Waals surface area contributed by atoms with Gasteiger partial charge in [-0.05, 0) is 50.3 Å². The Morgan fingerprint density at radius 2 is 1.56 bits per heavy atom. The number of esters is 1. The molecule has 0 aliphatic rings. The molecule has 0 saturated carbocycles. The van der Waals surface area contributed by atoms with Crippen LogP contribution in [0.5, 0.6) is 5.75 Å². The van der Waals surface area contributed by atoms with Gasteiger partial charge in [-0.15, -0.1) is 0 Å². The third-order valence-electron chi connectivity index (χ3n) is 5.34. The molecule has 0 fully saturated rings. The highest BCUT2D eigenvalue weighted by atomic mass is 16.5. The summed E-state index contributed by atoms with van der Waals surface area (Å²) in [5.41, 5.74) is 3.62. The number of hydrogen-bond donors (Lipinski definition) is 3. The van der Waals surface area contributed by atoms with E-state index in [1.165, 1.54) is 6.08 Å². The number of amides is 2. The molecular weight excluding hydrogens is 456 g/mol. The number of nitrogens with zero attached hydrogens (tertiary/aromatic N) is 1. The molecular formula is C28H24N4O4. The van der Waals surface area contributed by atoms with Crippen LogP contribution >= 0.6 is 0 Å². The topological polar surface area (TPSA) is 113 Å². The van der Waals surface area contributed by atoms with Crippen molar-refractivity contribution in [1.82, 2.24) is 10.2 Å². The number of anilines is 2. The van der Waals surface area contributed by atoms with E-state index in [2.05, 4.69) is 20.8 Å². The zero-order valence-corrected chi connectivity index (χ0v) is 19.7. The Bertz CT molecular complexity index is 1420. The molecule has 2 amide bonds. The molecule has 3 N–H and O–H groups in total. The molecule has 0 bridgehead atoms. The Morgan fingerprint density at radius 1 is 0.861 bits per heavy atom. The zero-order chi connectivity index (χ0) is 25.5. The van der Waals surface area contributed by atoms with Crippen molar-refractivity contribution in [2.75, 3.05) is 10.6 Å². The number of ether oxygens (including phenoxy) is 1. The number of carbonyl (C=O) groups excluding carboxylic acids is 3. The third-order valence-corrected chi connectivity index (χ3v) is 5.34. The Kier molecular flexibility index (Phi) is 7.36. The van der Waals surface area contributed by atoms with Crippen LogP contribution in [0.2, 0.25) is 0 Å². The maximum absolute atomic E-state index is 12.9.